The van der Waals surface area contributed by atoms with Crippen LogP contribution in [0, 0.1) is 0 Å². The van der Waals surface area contributed by atoms with Crippen molar-refractivity contribution in [1.29, 1.82) is 0 Å². The highest BCUT2D eigenvalue weighted by Crippen LogP contribution is 2.19. The van der Waals surface area contributed by atoms with Crippen LogP contribution in [0.2, 0.25) is 0 Å². The van der Waals surface area contributed by atoms with Crippen molar-refractivity contribution in [3.63, 3.8) is 0 Å². The molecule has 2 N–H and O–H groups in total. The van der Waals surface area contributed by atoms with E-state index in [0.29, 0.717) is 16.8 Å². The molecule has 0 saturated carbocycles. The zero-order valence-electron chi connectivity index (χ0n) is 14.4. The summed E-state index contributed by atoms with van der Waals surface area (Å²) in [7, 11) is 0. The molecule has 4 heteroatoms. The number of amides is 1. The molecule has 0 saturated heterocycles. The lowest BCUT2D eigenvalue weighted by molar-refractivity contribution is -0.115. The van der Waals surface area contributed by atoms with Gasteiger partial charge in [0.15, 0.2) is 5.78 Å². The highest BCUT2D eigenvalue weighted by molar-refractivity contribution is 6.13. The van der Waals surface area contributed by atoms with E-state index in [9.17, 15) is 9.59 Å². The summed E-state index contributed by atoms with van der Waals surface area (Å²) in [5.41, 5.74) is 1.53. The summed E-state index contributed by atoms with van der Waals surface area (Å²) in [6, 6.07) is 16.1. The fraction of sp³-hybridized carbons (Fsp3) is 0.300. The van der Waals surface area contributed by atoms with Gasteiger partial charge in [-0.2, -0.15) is 0 Å². The standard InChI is InChI=1S/C20H24N2O2/c1-4-20(2,3)21-14-18(23)22-17-13-9-8-12-16(17)19(24)15-10-6-5-7-11-15/h5-13,21H,4,14H2,1-3H3,(H,22,23). The maximum atomic E-state index is 12.6. The van der Waals surface area contributed by atoms with Gasteiger partial charge in [0.25, 0.3) is 0 Å². The zero-order chi connectivity index (χ0) is 17.6. The number of benzene rings is 2. The van der Waals surface area contributed by atoms with Gasteiger partial charge in [-0.15, -0.1) is 0 Å². The van der Waals surface area contributed by atoms with Gasteiger partial charge in [0.2, 0.25) is 5.91 Å². The summed E-state index contributed by atoms with van der Waals surface area (Å²) >= 11 is 0. The molecule has 0 aromatic heterocycles. The number of anilines is 1. The van der Waals surface area contributed by atoms with E-state index in [4.69, 9.17) is 0 Å². The minimum absolute atomic E-state index is 0.100. The molecule has 24 heavy (non-hydrogen) atoms. The van der Waals surface area contributed by atoms with Crippen LogP contribution in [0.3, 0.4) is 0 Å². The second kappa shape index (κ2) is 7.88. The number of ketones is 1. The van der Waals surface area contributed by atoms with Crippen LogP contribution in [0.5, 0.6) is 0 Å². The van der Waals surface area contributed by atoms with Crippen LogP contribution in [-0.4, -0.2) is 23.8 Å². The molecule has 1 amide bonds. The summed E-state index contributed by atoms with van der Waals surface area (Å²) in [5, 5.41) is 6.05. The molecule has 0 radical (unpaired) electrons. The van der Waals surface area contributed by atoms with E-state index < -0.39 is 0 Å². The van der Waals surface area contributed by atoms with Crippen molar-refractivity contribution in [2.75, 3.05) is 11.9 Å². The maximum Gasteiger partial charge on any atom is 0.238 e. The average Bonchev–Trinajstić information content (AvgIpc) is 2.61. The number of hydrogen-bond acceptors (Lipinski definition) is 3. The molecule has 0 unspecified atom stereocenters. The average molecular weight is 324 g/mol. The van der Waals surface area contributed by atoms with Crippen LogP contribution < -0.4 is 10.6 Å². The Bertz CT molecular complexity index is 709. The zero-order valence-corrected chi connectivity index (χ0v) is 14.4. The summed E-state index contributed by atoms with van der Waals surface area (Å²) in [6.07, 6.45) is 0.920. The van der Waals surface area contributed by atoms with E-state index in [2.05, 4.69) is 17.6 Å². The smallest absolute Gasteiger partial charge is 0.238 e. The van der Waals surface area contributed by atoms with E-state index >= 15 is 0 Å². The first-order valence-electron chi connectivity index (χ1n) is 8.16. The lowest BCUT2D eigenvalue weighted by atomic mass is 10.0. The molecule has 2 rings (SSSR count). The van der Waals surface area contributed by atoms with Gasteiger partial charge < -0.3 is 10.6 Å². The Morgan fingerprint density at radius 3 is 2.25 bits per heavy atom. The molecule has 2 aromatic carbocycles. The molecule has 0 heterocycles. The normalized spacial score (nSPS) is 11.1. The van der Waals surface area contributed by atoms with Crippen LogP contribution in [0.25, 0.3) is 0 Å². The SMILES string of the molecule is CCC(C)(C)NCC(=O)Nc1ccccc1C(=O)c1ccccc1. The Morgan fingerprint density at radius 1 is 0.958 bits per heavy atom. The third kappa shape index (κ3) is 4.77. The number of carbonyl (C=O) groups is 2. The van der Waals surface area contributed by atoms with Crippen molar-refractivity contribution in [3.8, 4) is 0 Å². The molecule has 0 bridgehead atoms. The third-order valence-electron chi connectivity index (χ3n) is 4.09. The van der Waals surface area contributed by atoms with E-state index in [0.717, 1.165) is 6.42 Å². The van der Waals surface area contributed by atoms with Crippen LogP contribution >= 0.6 is 0 Å². The summed E-state index contributed by atoms with van der Waals surface area (Å²) < 4.78 is 0. The van der Waals surface area contributed by atoms with Crippen LogP contribution in [0.4, 0.5) is 5.69 Å². The molecule has 0 aliphatic carbocycles. The molecule has 2 aromatic rings. The highest BCUT2D eigenvalue weighted by Gasteiger charge is 2.17. The number of rotatable bonds is 7. The lowest BCUT2D eigenvalue weighted by Gasteiger charge is -2.24. The number of para-hydroxylation sites is 1. The first kappa shape index (κ1) is 17.9. The Hall–Kier alpha value is -2.46. The van der Waals surface area contributed by atoms with Gasteiger partial charge in [-0.1, -0.05) is 49.4 Å². The lowest BCUT2D eigenvalue weighted by Crippen LogP contribution is -2.43. The predicted molar refractivity (Wildman–Crippen MR) is 97.3 cm³/mol. The van der Waals surface area contributed by atoms with E-state index in [1.54, 1.807) is 36.4 Å². The van der Waals surface area contributed by atoms with Gasteiger partial charge in [-0.25, -0.2) is 0 Å². The second-order valence-corrected chi connectivity index (χ2v) is 6.38. The summed E-state index contributed by atoms with van der Waals surface area (Å²) in [4.78, 5) is 24.8. The van der Waals surface area contributed by atoms with E-state index in [1.807, 2.05) is 32.0 Å². The minimum atomic E-state index is -0.162. The van der Waals surface area contributed by atoms with Crippen molar-refractivity contribution < 1.29 is 9.59 Å². The number of carbonyl (C=O) groups excluding carboxylic acids is 2. The second-order valence-electron chi connectivity index (χ2n) is 6.38. The van der Waals surface area contributed by atoms with Gasteiger partial charge in [-0.3, -0.25) is 9.59 Å². The summed E-state index contributed by atoms with van der Waals surface area (Å²) in [5.74, 6) is -0.266. The largest absolute Gasteiger partial charge is 0.324 e. The fourth-order valence-electron chi connectivity index (χ4n) is 2.17. The van der Waals surface area contributed by atoms with Gasteiger partial charge >= 0.3 is 0 Å². The Kier molecular flexibility index (Phi) is 5.88. The van der Waals surface area contributed by atoms with Gasteiger partial charge in [-0.05, 0) is 32.4 Å². The van der Waals surface area contributed by atoms with Crippen molar-refractivity contribution in [2.24, 2.45) is 0 Å². The van der Waals surface area contributed by atoms with Crippen LogP contribution in [-0.2, 0) is 4.79 Å². The Balaban J connectivity index is 2.12. The predicted octanol–water partition coefficient (Wildman–Crippen LogP) is 3.63. The van der Waals surface area contributed by atoms with Crippen LogP contribution in [0.1, 0.15) is 43.1 Å². The molecule has 126 valence electrons. The van der Waals surface area contributed by atoms with Gasteiger partial charge in [0.1, 0.15) is 0 Å². The molecule has 4 nitrogen and oxygen atoms in total. The fourth-order valence-corrected chi connectivity index (χ4v) is 2.17. The van der Waals surface area contributed by atoms with Gasteiger partial charge in [0.05, 0.1) is 12.2 Å². The monoisotopic (exact) mass is 324 g/mol. The molecule has 0 atom stereocenters. The molecular formula is C20H24N2O2. The quantitative estimate of drug-likeness (QED) is 0.765. The molecule has 0 spiro atoms. The topological polar surface area (TPSA) is 58.2 Å². The van der Waals surface area contributed by atoms with Crippen molar-refractivity contribution in [3.05, 3.63) is 65.7 Å². The minimum Gasteiger partial charge on any atom is -0.324 e. The highest BCUT2D eigenvalue weighted by atomic mass is 16.2. The molecule has 0 aliphatic heterocycles. The van der Waals surface area contributed by atoms with Gasteiger partial charge in [0, 0.05) is 16.7 Å². The van der Waals surface area contributed by atoms with E-state index in [1.165, 1.54) is 0 Å². The Labute approximate surface area is 143 Å². The summed E-state index contributed by atoms with van der Waals surface area (Å²) in [6.45, 7) is 6.37. The van der Waals surface area contributed by atoms with Crippen molar-refractivity contribution >= 4 is 17.4 Å². The van der Waals surface area contributed by atoms with Crippen LogP contribution in [0.15, 0.2) is 54.6 Å². The molecule has 0 aliphatic rings. The molecular weight excluding hydrogens is 300 g/mol. The molecule has 0 fully saturated rings. The van der Waals surface area contributed by atoms with Crippen molar-refractivity contribution in [2.45, 2.75) is 32.7 Å². The first-order chi connectivity index (χ1) is 11.4. The van der Waals surface area contributed by atoms with Crippen molar-refractivity contribution in [1.82, 2.24) is 5.32 Å². The maximum absolute atomic E-state index is 12.6. The Morgan fingerprint density at radius 2 is 1.58 bits per heavy atom. The first-order valence-corrected chi connectivity index (χ1v) is 8.16. The number of nitrogens with one attached hydrogen (secondary N) is 2. The number of hydrogen-bond donors (Lipinski definition) is 2. The van der Waals surface area contributed by atoms with E-state index in [-0.39, 0.29) is 23.8 Å². The third-order valence-corrected chi connectivity index (χ3v) is 4.09.